The highest BCUT2D eigenvalue weighted by Gasteiger charge is 2.11. The van der Waals surface area contributed by atoms with E-state index < -0.39 is 10.5 Å². The van der Waals surface area contributed by atoms with Crippen LogP contribution in [0.4, 0.5) is 11.6 Å². The average molecular weight is 306 g/mol. The van der Waals surface area contributed by atoms with Crippen molar-refractivity contribution in [3.63, 3.8) is 0 Å². The lowest BCUT2D eigenvalue weighted by Gasteiger charge is -2.14. The summed E-state index contributed by atoms with van der Waals surface area (Å²) in [5, 5.41) is 22.9. The number of non-ortho nitro benzene ring substituents is 1. The number of nitrogens with one attached hydrogen (secondary N) is 2. The first-order valence-corrected chi connectivity index (χ1v) is 7.08. The van der Waals surface area contributed by atoms with Gasteiger partial charge in [0.15, 0.2) is 0 Å². The highest BCUT2D eigenvalue weighted by molar-refractivity contribution is 5.80. The summed E-state index contributed by atoms with van der Waals surface area (Å²) in [6.45, 7) is 2.72. The van der Waals surface area contributed by atoms with Gasteiger partial charge in [0.1, 0.15) is 0 Å². The Morgan fingerprint density at radius 1 is 1.50 bits per heavy atom. The van der Waals surface area contributed by atoms with Gasteiger partial charge in [0, 0.05) is 25.3 Å². The minimum atomic E-state index is -0.550. The third kappa shape index (κ3) is 3.59. The van der Waals surface area contributed by atoms with Crippen molar-refractivity contribution in [1.29, 1.82) is 0 Å². The van der Waals surface area contributed by atoms with Crippen molar-refractivity contribution in [3.05, 3.63) is 38.7 Å². The molecular weight excluding hydrogens is 288 g/mol. The molecule has 0 spiro atoms. The van der Waals surface area contributed by atoms with E-state index in [0.717, 1.165) is 6.42 Å². The van der Waals surface area contributed by atoms with E-state index in [0.29, 0.717) is 24.4 Å². The monoisotopic (exact) mass is 306 g/mol. The first-order valence-electron chi connectivity index (χ1n) is 7.08. The van der Waals surface area contributed by atoms with Crippen LogP contribution in [0.3, 0.4) is 0 Å². The molecule has 1 heterocycles. The predicted molar refractivity (Wildman–Crippen MR) is 83.0 cm³/mol. The lowest BCUT2D eigenvalue weighted by atomic mass is 10.0. The summed E-state index contributed by atoms with van der Waals surface area (Å²) >= 11 is 0. The highest BCUT2D eigenvalue weighted by Crippen LogP contribution is 2.17. The fraction of sp³-hybridized carbons (Fsp3) is 0.429. The Balaban J connectivity index is 2.25. The first-order chi connectivity index (χ1) is 10.5. The van der Waals surface area contributed by atoms with Gasteiger partial charge in [-0.15, -0.1) is 0 Å². The number of anilines is 1. The molecule has 8 nitrogen and oxygen atoms in total. The van der Waals surface area contributed by atoms with E-state index in [1.54, 1.807) is 0 Å². The van der Waals surface area contributed by atoms with E-state index in [-0.39, 0.29) is 23.6 Å². The summed E-state index contributed by atoms with van der Waals surface area (Å²) < 4.78 is 0. The maximum atomic E-state index is 12.0. The van der Waals surface area contributed by atoms with Crippen LogP contribution >= 0.6 is 0 Å². The number of aromatic amines is 1. The van der Waals surface area contributed by atoms with Crippen molar-refractivity contribution in [3.8, 4) is 0 Å². The number of benzene rings is 1. The van der Waals surface area contributed by atoms with E-state index >= 15 is 0 Å². The van der Waals surface area contributed by atoms with Gasteiger partial charge < -0.3 is 10.4 Å². The maximum absolute atomic E-state index is 12.0. The lowest BCUT2D eigenvalue weighted by molar-refractivity contribution is -0.384. The summed E-state index contributed by atoms with van der Waals surface area (Å²) in [5.41, 5.74) is -0.173. The minimum Gasteiger partial charge on any atom is -0.396 e. The summed E-state index contributed by atoms with van der Waals surface area (Å²) in [6.07, 6.45) is 1.57. The van der Waals surface area contributed by atoms with Crippen LogP contribution in [0.1, 0.15) is 19.8 Å². The molecule has 0 fully saturated rings. The van der Waals surface area contributed by atoms with Crippen LogP contribution in [0.2, 0.25) is 0 Å². The van der Waals surface area contributed by atoms with Gasteiger partial charge in [-0.05, 0) is 18.4 Å². The van der Waals surface area contributed by atoms with Crippen LogP contribution in [-0.2, 0) is 0 Å². The van der Waals surface area contributed by atoms with Gasteiger partial charge >= 0.3 is 0 Å². The molecule has 0 saturated carbocycles. The largest absolute Gasteiger partial charge is 0.396 e. The van der Waals surface area contributed by atoms with E-state index in [9.17, 15) is 14.9 Å². The van der Waals surface area contributed by atoms with Crippen LogP contribution in [0, 0.1) is 16.0 Å². The Hall–Kier alpha value is -2.48. The average Bonchev–Trinajstić information content (AvgIpc) is 2.51. The maximum Gasteiger partial charge on any atom is 0.270 e. The van der Waals surface area contributed by atoms with Crippen LogP contribution < -0.4 is 10.9 Å². The molecule has 0 radical (unpaired) electrons. The molecule has 1 atom stereocenters. The molecule has 1 aromatic carbocycles. The molecule has 0 aliphatic carbocycles. The topological polar surface area (TPSA) is 121 Å². The molecule has 0 aliphatic heterocycles. The van der Waals surface area contributed by atoms with Crippen molar-refractivity contribution < 1.29 is 10.0 Å². The van der Waals surface area contributed by atoms with Gasteiger partial charge in [-0.3, -0.25) is 19.9 Å². The SMILES string of the molecule is CC[C@@H](CCO)CNc1nc2ccc([N+](=O)[O-])cc2c(=O)[nH]1. The van der Waals surface area contributed by atoms with E-state index in [1.807, 2.05) is 6.92 Å². The number of nitrogens with zero attached hydrogens (tertiary/aromatic N) is 2. The van der Waals surface area contributed by atoms with Crippen molar-refractivity contribution in [2.75, 3.05) is 18.5 Å². The minimum absolute atomic E-state index is 0.117. The zero-order valence-electron chi connectivity index (χ0n) is 12.2. The Bertz CT molecular complexity index is 728. The van der Waals surface area contributed by atoms with E-state index in [4.69, 9.17) is 5.11 Å². The molecule has 3 N–H and O–H groups in total. The fourth-order valence-corrected chi connectivity index (χ4v) is 2.20. The number of H-pyrrole nitrogens is 1. The second-order valence-corrected chi connectivity index (χ2v) is 5.04. The van der Waals surface area contributed by atoms with E-state index in [1.165, 1.54) is 18.2 Å². The second-order valence-electron chi connectivity index (χ2n) is 5.04. The third-order valence-electron chi connectivity index (χ3n) is 3.57. The molecule has 0 saturated heterocycles. The summed E-state index contributed by atoms with van der Waals surface area (Å²) in [4.78, 5) is 29.0. The molecular formula is C14H18N4O4. The Kier molecular flexibility index (Phi) is 5.05. The van der Waals surface area contributed by atoms with Gasteiger partial charge in [0.05, 0.1) is 15.8 Å². The quantitative estimate of drug-likeness (QED) is 0.528. The number of aliphatic hydroxyl groups excluding tert-OH is 1. The Morgan fingerprint density at radius 2 is 2.27 bits per heavy atom. The molecule has 0 unspecified atom stereocenters. The zero-order chi connectivity index (χ0) is 16.1. The number of fused-ring (bicyclic) bond motifs is 1. The normalized spacial score (nSPS) is 12.3. The van der Waals surface area contributed by atoms with Gasteiger partial charge in [-0.1, -0.05) is 13.3 Å². The van der Waals surface area contributed by atoms with Crippen molar-refractivity contribution in [1.82, 2.24) is 9.97 Å². The number of nitro groups is 1. The zero-order valence-corrected chi connectivity index (χ0v) is 12.2. The predicted octanol–water partition coefficient (Wildman–Crippen LogP) is 1.65. The summed E-state index contributed by atoms with van der Waals surface area (Å²) in [5.74, 6) is 0.602. The Morgan fingerprint density at radius 3 is 2.91 bits per heavy atom. The summed E-state index contributed by atoms with van der Waals surface area (Å²) in [6, 6.07) is 3.99. The lowest BCUT2D eigenvalue weighted by Crippen LogP contribution is -2.19. The number of hydrogen-bond acceptors (Lipinski definition) is 6. The molecule has 22 heavy (non-hydrogen) atoms. The standard InChI is InChI=1S/C14H18N4O4/c1-2-9(5-6-19)8-15-14-16-12-4-3-10(18(21)22)7-11(12)13(20)17-14/h3-4,7,9,19H,2,5-6,8H2,1H3,(H2,15,16,17,20)/t9-/m0/s1. The van der Waals surface area contributed by atoms with Crippen LogP contribution in [0.25, 0.3) is 10.9 Å². The third-order valence-corrected chi connectivity index (χ3v) is 3.57. The number of aliphatic hydroxyl groups is 1. The van der Waals surface area contributed by atoms with Gasteiger partial charge in [0.25, 0.3) is 11.2 Å². The van der Waals surface area contributed by atoms with Crippen molar-refractivity contribution >= 4 is 22.5 Å². The van der Waals surface area contributed by atoms with Crippen LogP contribution in [-0.4, -0.2) is 33.1 Å². The number of nitro benzene ring substituents is 1. The van der Waals surface area contributed by atoms with Crippen molar-refractivity contribution in [2.24, 2.45) is 5.92 Å². The second kappa shape index (κ2) is 6.99. The van der Waals surface area contributed by atoms with Gasteiger partial charge in [-0.2, -0.15) is 0 Å². The number of aromatic nitrogens is 2. The molecule has 118 valence electrons. The molecule has 0 amide bonds. The molecule has 8 heteroatoms. The van der Waals surface area contributed by atoms with Gasteiger partial charge in [0.2, 0.25) is 5.95 Å². The molecule has 1 aromatic heterocycles. The molecule has 0 bridgehead atoms. The molecule has 0 aliphatic rings. The van der Waals surface area contributed by atoms with Crippen molar-refractivity contribution in [2.45, 2.75) is 19.8 Å². The smallest absolute Gasteiger partial charge is 0.270 e. The van der Waals surface area contributed by atoms with Crippen LogP contribution in [0.15, 0.2) is 23.0 Å². The van der Waals surface area contributed by atoms with E-state index in [2.05, 4.69) is 15.3 Å². The Labute approximate surface area is 126 Å². The first kappa shape index (κ1) is 15.9. The number of rotatable bonds is 7. The molecule has 2 aromatic rings. The summed E-state index contributed by atoms with van der Waals surface area (Å²) in [7, 11) is 0. The van der Waals surface area contributed by atoms with Crippen LogP contribution in [0.5, 0.6) is 0 Å². The van der Waals surface area contributed by atoms with Gasteiger partial charge in [-0.25, -0.2) is 4.98 Å². The number of hydrogen-bond donors (Lipinski definition) is 3. The fourth-order valence-electron chi connectivity index (χ4n) is 2.20. The molecule has 2 rings (SSSR count). The highest BCUT2D eigenvalue weighted by atomic mass is 16.6.